The van der Waals surface area contributed by atoms with Crippen molar-refractivity contribution in [2.45, 2.75) is 64.8 Å². The van der Waals surface area contributed by atoms with E-state index in [0.717, 1.165) is 23.3 Å². The molecule has 1 aliphatic heterocycles. The van der Waals surface area contributed by atoms with E-state index in [2.05, 4.69) is 12.0 Å². The molecule has 1 aliphatic rings. The third-order valence-corrected chi connectivity index (χ3v) is 7.89. The van der Waals surface area contributed by atoms with Gasteiger partial charge in [0.05, 0.1) is 11.9 Å². The Morgan fingerprint density at radius 2 is 2.03 bits per heavy atom. The smallest absolute Gasteiger partial charge is 0.310 e. The molecule has 0 radical (unpaired) electrons. The number of aryl methyl sites for hydroxylation is 2. The Morgan fingerprint density at radius 3 is 2.69 bits per heavy atom. The van der Waals surface area contributed by atoms with Gasteiger partial charge in [-0.1, -0.05) is 13.8 Å². The van der Waals surface area contributed by atoms with Gasteiger partial charge in [0, 0.05) is 17.0 Å². The van der Waals surface area contributed by atoms with Crippen molar-refractivity contribution in [1.82, 2.24) is 9.78 Å². The van der Waals surface area contributed by atoms with Crippen LogP contribution in [-0.2, 0) is 16.7 Å². The molecule has 8 heteroatoms. The largest absolute Gasteiger partial charge is 0.361 e. The lowest BCUT2D eigenvalue weighted by molar-refractivity contribution is 0.103. The molecule has 1 aromatic heterocycles. The molecule has 0 N–H and O–H groups in total. The van der Waals surface area contributed by atoms with Crippen LogP contribution in [0.3, 0.4) is 0 Å². The molecule has 2 aromatic rings. The minimum Gasteiger partial charge on any atom is -0.361 e. The number of rotatable bonds is 7. The molecule has 0 saturated carbocycles. The second-order valence-electron chi connectivity index (χ2n) is 7.50. The van der Waals surface area contributed by atoms with Gasteiger partial charge >= 0.3 is 10.1 Å². The first-order valence-corrected chi connectivity index (χ1v) is 12.6. The monoisotopic (exact) mass is 436 g/mol. The molecule has 0 amide bonds. The zero-order chi connectivity index (χ0) is 21.3. The van der Waals surface area contributed by atoms with Crippen molar-refractivity contribution in [3.8, 4) is 5.88 Å². The second-order valence-corrected chi connectivity index (χ2v) is 10.3. The van der Waals surface area contributed by atoms with Gasteiger partial charge in [-0.3, -0.25) is 4.79 Å². The van der Waals surface area contributed by atoms with E-state index in [1.165, 1.54) is 21.3 Å². The Bertz CT molecular complexity index is 1040. The normalized spacial score (nSPS) is 16.5. The van der Waals surface area contributed by atoms with Crippen LogP contribution in [-0.4, -0.2) is 35.5 Å². The predicted octanol–water partition coefficient (Wildman–Crippen LogP) is 4.47. The van der Waals surface area contributed by atoms with Crippen molar-refractivity contribution in [3.63, 3.8) is 0 Å². The third-order valence-electron chi connectivity index (χ3n) is 5.30. The lowest BCUT2D eigenvalue weighted by atomic mass is 9.87. The van der Waals surface area contributed by atoms with Crippen molar-refractivity contribution in [2.24, 2.45) is 0 Å². The number of carbonyl (C=O) groups excluding carboxylic acids is 1. The topological polar surface area (TPSA) is 78.3 Å². The van der Waals surface area contributed by atoms with Crippen molar-refractivity contribution < 1.29 is 17.4 Å². The Labute approximate surface area is 177 Å². The molecule has 158 valence electrons. The molecule has 6 nitrogen and oxygen atoms in total. The molecule has 0 fully saturated rings. The summed E-state index contributed by atoms with van der Waals surface area (Å²) in [6.45, 7) is 10.2. The number of thioether (sulfide) groups is 1. The number of hydrogen-bond donors (Lipinski definition) is 0. The molecule has 1 unspecified atom stereocenters. The summed E-state index contributed by atoms with van der Waals surface area (Å²) in [6, 6.07) is 1.91. The molecule has 0 spiro atoms. The van der Waals surface area contributed by atoms with Crippen LogP contribution in [0.5, 0.6) is 5.88 Å². The SMILES string of the molecule is CCCS(=O)(=O)Oc1c(C(=O)c2cc(C)c3c(c2C)C(C)CCS3)cnn1CC. The molecule has 29 heavy (non-hydrogen) atoms. The number of nitrogens with zero attached hydrogens (tertiary/aromatic N) is 2. The van der Waals surface area contributed by atoms with E-state index in [1.807, 2.05) is 38.6 Å². The summed E-state index contributed by atoms with van der Waals surface area (Å²) < 4.78 is 31.3. The summed E-state index contributed by atoms with van der Waals surface area (Å²) in [5.41, 5.74) is 4.04. The molecular formula is C21H28N2O4S2. The average molecular weight is 437 g/mol. The molecule has 1 atom stereocenters. The van der Waals surface area contributed by atoms with Crippen LogP contribution in [0.15, 0.2) is 17.2 Å². The molecule has 2 heterocycles. The van der Waals surface area contributed by atoms with E-state index in [1.54, 1.807) is 6.92 Å². The first-order valence-electron chi connectivity index (χ1n) is 9.99. The number of fused-ring (bicyclic) bond motifs is 1. The highest BCUT2D eigenvalue weighted by atomic mass is 32.2. The fourth-order valence-corrected chi connectivity index (χ4v) is 6.29. The predicted molar refractivity (Wildman–Crippen MR) is 116 cm³/mol. The van der Waals surface area contributed by atoms with Crippen LogP contribution in [0.4, 0.5) is 0 Å². The molecule has 0 bridgehead atoms. The van der Waals surface area contributed by atoms with Gasteiger partial charge in [-0.2, -0.15) is 13.5 Å². The van der Waals surface area contributed by atoms with Crippen molar-refractivity contribution in [1.29, 1.82) is 0 Å². The van der Waals surface area contributed by atoms with Gasteiger partial charge in [0.15, 0.2) is 5.78 Å². The maximum atomic E-state index is 13.5. The van der Waals surface area contributed by atoms with Gasteiger partial charge in [-0.15, -0.1) is 11.8 Å². The highest BCUT2D eigenvalue weighted by Crippen LogP contribution is 2.42. The minimum atomic E-state index is -3.78. The van der Waals surface area contributed by atoms with Gasteiger partial charge in [0.25, 0.3) is 0 Å². The Balaban J connectivity index is 2.10. The Kier molecular flexibility index (Phi) is 6.43. The second kappa shape index (κ2) is 8.52. The highest BCUT2D eigenvalue weighted by Gasteiger charge is 2.29. The first kappa shape index (κ1) is 21.9. The molecule has 0 saturated heterocycles. The summed E-state index contributed by atoms with van der Waals surface area (Å²) >= 11 is 1.84. The molecular weight excluding hydrogens is 408 g/mol. The first-order chi connectivity index (χ1) is 13.7. The lowest BCUT2D eigenvalue weighted by Crippen LogP contribution is -2.18. The van der Waals surface area contributed by atoms with E-state index >= 15 is 0 Å². The van der Waals surface area contributed by atoms with Gasteiger partial charge in [0.1, 0.15) is 5.56 Å². The van der Waals surface area contributed by atoms with E-state index < -0.39 is 10.1 Å². The lowest BCUT2D eigenvalue weighted by Gasteiger charge is -2.27. The van der Waals surface area contributed by atoms with Crippen LogP contribution in [0.2, 0.25) is 0 Å². The maximum absolute atomic E-state index is 13.5. The standard InChI is InChI=1S/C21H28N2O4S2/c1-6-10-29(25,26)27-21-17(12-22-23(21)7-2)19(24)16-11-14(4)20-18(15(16)5)13(3)8-9-28-20/h11-13H,6-10H2,1-5H3. The van der Waals surface area contributed by atoms with E-state index in [0.29, 0.717) is 24.4 Å². The zero-order valence-electron chi connectivity index (χ0n) is 17.6. The number of carbonyl (C=O) groups is 1. The van der Waals surface area contributed by atoms with E-state index in [9.17, 15) is 13.2 Å². The minimum absolute atomic E-state index is 0.00291. The number of aromatic nitrogens is 2. The van der Waals surface area contributed by atoms with Crippen LogP contribution in [0.25, 0.3) is 0 Å². The van der Waals surface area contributed by atoms with Gasteiger partial charge in [-0.05, 0) is 68.0 Å². The summed E-state index contributed by atoms with van der Waals surface area (Å²) in [4.78, 5) is 14.7. The van der Waals surface area contributed by atoms with Crippen LogP contribution in [0.1, 0.15) is 72.1 Å². The van der Waals surface area contributed by atoms with Crippen molar-refractivity contribution >= 4 is 27.7 Å². The summed E-state index contributed by atoms with van der Waals surface area (Å²) in [5, 5.41) is 4.18. The fourth-order valence-electron chi connectivity index (χ4n) is 3.82. The Hall–Kier alpha value is -1.80. The van der Waals surface area contributed by atoms with E-state index in [4.69, 9.17) is 4.18 Å². The van der Waals surface area contributed by atoms with E-state index in [-0.39, 0.29) is 23.0 Å². The summed E-state index contributed by atoms with van der Waals surface area (Å²) in [7, 11) is -3.78. The van der Waals surface area contributed by atoms with Crippen LogP contribution in [0, 0.1) is 13.8 Å². The number of hydrogen-bond acceptors (Lipinski definition) is 6. The molecule has 0 aliphatic carbocycles. The fraction of sp³-hybridized carbons (Fsp3) is 0.524. The maximum Gasteiger partial charge on any atom is 0.310 e. The third kappa shape index (κ3) is 4.23. The number of benzene rings is 1. The molecule has 1 aromatic carbocycles. The number of ketones is 1. The Morgan fingerprint density at radius 1 is 1.31 bits per heavy atom. The molecule has 3 rings (SSSR count). The van der Waals surface area contributed by atoms with Crippen molar-refractivity contribution in [3.05, 3.63) is 40.1 Å². The quantitative estimate of drug-likeness (QED) is 0.471. The van der Waals surface area contributed by atoms with Gasteiger partial charge in [0.2, 0.25) is 5.88 Å². The van der Waals surface area contributed by atoms with Gasteiger partial charge in [-0.25, -0.2) is 4.68 Å². The summed E-state index contributed by atoms with van der Waals surface area (Å²) in [6.07, 6.45) is 2.92. The van der Waals surface area contributed by atoms with Crippen LogP contribution >= 0.6 is 11.8 Å². The van der Waals surface area contributed by atoms with Crippen molar-refractivity contribution in [2.75, 3.05) is 11.5 Å². The zero-order valence-corrected chi connectivity index (χ0v) is 19.2. The average Bonchev–Trinajstić information content (AvgIpc) is 3.05. The highest BCUT2D eigenvalue weighted by molar-refractivity contribution is 7.99. The van der Waals surface area contributed by atoms with Crippen LogP contribution < -0.4 is 4.18 Å². The summed E-state index contributed by atoms with van der Waals surface area (Å²) in [5.74, 6) is 1.11. The van der Waals surface area contributed by atoms with Gasteiger partial charge < -0.3 is 4.18 Å².